The van der Waals surface area contributed by atoms with Crippen LogP contribution < -0.4 is 15.4 Å². The lowest BCUT2D eigenvalue weighted by Gasteiger charge is -2.25. The molecular formula is C18H30N4O. The van der Waals surface area contributed by atoms with Crippen LogP contribution in [0, 0.1) is 5.92 Å². The second-order valence-electron chi connectivity index (χ2n) is 6.22. The normalized spacial score (nSPS) is 16.3. The average molecular weight is 318 g/mol. The SMILES string of the molecule is CCOc1ccccc1CNC(=NC)NCC(C1CC1)N(C)C. The van der Waals surface area contributed by atoms with Gasteiger partial charge in [-0.2, -0.15) is 0 Å². The van der Waals surface area contributed by atoms with Crippen molar-refractivity contribution in [3.05, 3.63) is 29.8 Å². The van der Waals surface area contributed by atoms with Crippen molar-refractivity contribution >= 4 is 5.96 Å². The minimum Gasteiger partial charge on any atom is -0.494 e. The van der Waals surface area contributed by atoms with E-state index in [4.69, 9.17) is 4.74 Å². The molecule has 1 saturated carbocycles. The van der Waals surface area contributed by atoms with Gasteiger partial charge in [0, 0.05) is 31.7 Å². The van der Waals surface area contributed by atoms with Gasteiger partial charge in [-0.25, -0.2) is 0 Å². The molecular weight excluding hydrogens is 288 g/mol. The summed E-state index contributed by atoms with van der Waals surface area (Å²) >= 11 is 0. The Hall–Kier alpha value is -1.75. The fraction of sp³-hybridized carbons (Fsp3) is 0.611. The number of guanidine groups is 1. The Kier molecular flexibility index (Phi) is 6.71. The fourth-order valence-electron chi connectivity index (χ4n) is 2.80. The first kappa shape index (κ1) is 17.6. The highest BCUT2D eigenvalue weighted by Crippen LogP contribution is 2.34. The predicted molar refractivity (Wildman–Crippen MR) is 96.0 cm³/mol. The van der Waals surface area contributed by atoms with Gasteiger partial charge >= 0.3 is 0 Å². The van der Waals surface area contributed by atoms with Gasteiger partial charge in [0.05, 0.1) is 6.61 Å². The first-order valence-electron chi connectivity index (χ1n) is 8.47. The van der Waals surface area contributed by atoms with E-state index in [1.807, 2.05) is 32.2 Å². The number of likely N-dealkylation sites (N-methyl/N-ethyl adjacent to an activating group) is 1. The maximum atomic E-state index is 5.67. The first-order valence-corrected chi connectivity index (χ1v) is 8.47. The highest BCUT2D eigenvalue weighted by Gasteiger charge is 2.32. The molecule has 0 spiro atoms. The van der Waals surface area contributed by atoms with Crippen molar-refractivity contribution in [3.8, 4) is 5.75 Å². The number of nitrogens with one attached hydrogen (secondary N) is 2. The molecule has 2 rings (SSSR count). The van der Waals surface area contributed by atoms with Gasteiger partial charge in [0.2, 0.25) is 0 Å². The molecule has 0 aromatic heterocycles. The molecule has 128 valence electrons. The Morgan fingerprint density at radius 3 is 2.65 bits per heavy atom. The lowest BCUT2D eigenvalue weighted by atomic mass is 10.1. The van der Waals surface area contributed by atoms with E-state index in [0.717, 1.165) is 29.7 Å². The predicted octanol–water partition coefficient (Wildman–Crippen LogP) is 2.09. The summed E-state index contributed by atoms with van der Waals surface area (Å²) < 4.78 is 5.67. The number of para-hydroxylation sites is 1. The van der Waals surface area contributed by atoms with E-state index in [1.54, 1.807) is 0 Å². The smallest absolute Gasteiger partial charge is 0.191 e. The monoisotopic (exact) mass is 318 g/mol. The lowest BCUT2D eigenvalue weighted by molar-refractivity contribution is 0.264. The summed E-state index contributed by atoms with van der Waals surface area (Å²) in [4.78, 5) is 6.63. The molecule has 1 aliphatic rings. The van der Waals surface area contributed by atoms with Gasteiger partial charge < -0.3 is 20.3 Å². The van der Waals surface area contributed by atoms with Crippen molar-refractivity contribution < 1.29 is 4.74 Å². The Bertz CT molecular complexity index is 509. The summed E-state index contributed by atoms with van der Waals surface area (Å²) in [5.74, 6) is 2.60. The van der Waals surface area contributed by atoms with Crippen LogP contribution in [0.25, 0.3) is 0 Å². The molecule has 0 radical (unpaired) electrons. The molecule has 0 bridgehead atoms. The third-order valence-electron chi connectivity index (χ3n) is 4.25. The second kappa shape index (κ2) is 8.77. The summed E-state index contributed by atoms with van der Waals surface area (Å²) in [6.07, 6.45) is 2.69. The van der Waals surface area contributed by atoms with E-state index in [2.05, 4.69) is 40.7 Å². The van der Waals surface area contributed by atoms with Crippen LogP contribution >= 0.6 is 0 Å². The zero-order chi connectivity index (χ0) is 16.7. The summed E-state index contributed by atoms with van der Waals surface area (Å²) in [5.41, 5.74) is 1.14. The van der Waals surface area contributed by atoms with Gasteiger partial charge in [-0.1, -0.05) is 18.2 Å². The van der Waals surface area contributed by atoms with Gasteiger partial charge in [0.15, 0.2) is 5.96 Å². The van der Waals surface area contributed by atoms with Crippen molar-refractivity contribution in [2.45, 2.75) is 32.4 Å². The van der Waals surface area contributed by atoms with E-state index >= 15 is 0 Å². The molecule has 1 unspecified atom stereocenters. The summed E-state index contributed by atoms with van der Waals surface area (Å²) in [6.45, 7) is 4.30. The zero-order valence-corrected chi connectivity index (χ0v) is 14.8. The number of nitrogens with zero attached hydrogens (tertiary/aromatic N) is 2. The summed E-state index contributed by atoms with van der Waals surface area (Å²) in [6, 6.07) is 8.69. The Morgan fingerprint density at radius 2 is 2.04 bits per heavy atom. The molecule has 0 saturated heterocycles. The van der Waals surface area contributed by atoms with E-state index in [0.29, 0.717) is 19.2 Å². The number of benzene rings is 1. The van der Waals surface area contributed by atoms with E-state index in [-0.39, 0.29) is 0 Å². The highest BCUT2D eigenvalue weighted by molar-refractivity contribution is 5.79. The molecule has 1 aromatic carbocycles. The van der Waals surface area contributed by atoms with Crippen LogP contribution in [0.1, 0.15) is 25.3 Å². The topological polar surface area (TPSA) is 48.9 Å². The zero-order valence-electron chi connectivity index (χ0n) is 14.8. The van der Waals surface area contributed by atoms with E-state index < -0.39 is 0 Å². The van der Waals surface area contributed by atoms with Crippen molar-refractivity contribution in [1.29, 1.82) is 0 Å². The molecule has 1 fully saturated rings. The van der Waals surface area contributed by atoms with Crippen LogP contribution in [0.15, 0.2) is 29.3 Å². The molecule has 0 aliphatic heterocycles. The average Bonchev–Trinajstić information content (AvgIpc) is 3.36. The number of hydrogen-bond acceptors (Lipinski definition) is 3. The molecule has 1 atom stereocenters. The van der Waals surface area contributed by atoms with Crippen molar-refractivity contribution in [2.24, 2.45) is 10.9 Å². The molecule has 0 amide bonds. The van der Waals surface area contributed by atoms with E-state index in [9.17, 15) is 0 Å². The molecule has 5 nitrogen and oxygen atoms in total. The van der Waals surface area contributed by atoms with Crippen molar-refractivity contribution in [2.75, 3.05) is 34.3 Å². The number of hydrogen-bond donors (Lipinski definition) is 2. The van der Waals surface area contributed by atoms with E-state index in [1.165, 1.54) is 12.8 Å². The van der Waals surface area contributed by atoms with Crippen molar-refractivity contribution in [1.82, 2.24) is 15.5 Å². The maximum Gasteiger partial charge on any atom is 0.191 e. The highest BCUT2D eigenvalue weighted by atomic mass is 16.5. The Labute approximate surface area is 140 Å². The van der Waals surface area contributed by atoms with Crippen molar-refractivity contribution in [3.63, 3.8) is 0 Å². The molecule has 23 heavy (non-hydrogen) atoms. The van der Waals surface area contributed by atoms with Crippen LogP contribution in [0.3, 0.4) is 0 Å². The molecule has 5 heteroatoms. The summed E-state index contributed by atoms with van der Waals surface area (Å²) in [7, 11) is 6.12. The number of ether oxygens (including phenoxy) is 1. The van der Waals surface area contributed by atoms with Gasteiger partial charge in [-0.3, -0.25) is 4.99 Å². The second-order valence-corrected chi connectivity index (χ2v) is 6.22. The van der Waals surface area contributed by atoms with Crippen LogP contribution in [0.4, 0.5) is 0 Å². The minimum atomic E-state index is 0.573. The Balaban J connectivity index is 1.85. The quantitative estimate of drug-likeness (QED) is 0.569. The van der Waals surface area contributed by atoms with Gasteiger partial charge in [0.25, 0.3) is 0 Å². The van der Waals surface area contributed by atoms with Crippen LogP contribution in [0.2, 0.25) is 0 Å². The third-order valence-corrected chi connectivity index (χ3v) is 4.25. The number of aliphatic imine (C=N–C) groups is 1. The molecule has 1 aromatic rings. The van der Waals surface area contributed by atoms with Crippen LogP contribution in [-0.2, 0) is 6.54 Å². The largest absolute Gasteiger partial charge is 0.494 e. The summed E-state index contributed by atoms with van der Waals surface area (Å²) in [5, 5.41) is 6.83. The minimum absolute atomic E-state index is 0.573. The van der Waals surface area contributed by atoms with Gasteiger partial charge in [-0.15, -0.1) is 0 Å². The molecule has 2 N–H and O–H groups in total. The van der Waals surface area contributed by atoms with Gasteiger partial charge in [-0.05, 0) is 45.8 Å². The van der Waals surface area contributed by atoms with Gasteiger partial charge in [0.1, 0.15) is 5.75 Å². The third kappa shape index (κ3) is 5.43. The molecule has 0 heterocycles. The van der Waals surface area contributed by atoms with Crippen LogP contribution in [0.5, 0.6) is 5.75 Å². The lowest BCUT2D eigenvalue weighted by Crippen LogP contribution is -2.45. The van der Waals surface area contributed by atoms with Crippen LogP contribution in [-0.4, -0.2) is 51.2 Å². The number of rotatable bonds is 8. The molecule has 1 aliphatic carbocycles. The standard InChI is InChI=1S/C18H30N4O/c1-5-23-17-9-7-6-8-15(17)12-20-18(19-2)21-13-16(22(3)4)14-10-11-14/h6-9,14,16H,5,10-13H2,1-4H3,(H2,19,20,21). The fourth-order valence-corrected chi connectivity index (χ4v) is 2.80. The Morgan fingerprint density at radius 1 is 1.30 bits per heavy atom. The maximum absolute atomic E-state index is 5.67. The first-order chi connectivity index (χ1) is 11.2.